The highest BCUT2D eigenvalue weighted by Crippen LogP contribution is 2.25. The summed E-state index contributed by atoms with van der Waals surface area (Å²) < 4.78 is 3.35. The molecule has 128 valence electrons. The second kappa shape index (κ2) is 6.86. The van der Waals surface area contributed by atoms with Crippen molar-refractivity contribution in [3.63, 3.8) is 0 Å². The monoisotopic (exact) mass is 331 g/mol. The van der Waals surface area contributed by atoms with Gasteiger partial charge in [0.25, 0.3) is 5.56 Å². The minimum atomic E-state index is -0.486. The highest BCUT2D eigenvalue weighted by molar-refractivity contribution is 5.76. The molecule has 8 nitrogen and oxygen atoms in total. The first-order valence-corrected chi connectivity index (χ1v) is 8.09. The lowest BCUT2D eigenvalue weighted by molar-refractivity contribution is -0.132. The van der Waals surface area contributed by atoms with E-state index in [1.807, 2.05) is 22.7 Å². The standard InChI is InChI=1S/C16H21N5O3/c1-19-10-6-17-15(19)12-3-2-7-21(11-12)14(23)5-9-20-8-4-13(22)18-16(20)24/h4,6,8,10,12H,2-3,5,7,9,11H2,1H3,(H,18,22,24)/t12-/m0/s1. The number of nitrogens with zero attached hydrogens (tertiary/aromatic N) is 4. The molecule has 1 aliphatic heterocycles. The third kappa shape index (κ3) is 3.47. The van der Waals surface area contributed by atoms with Crippen LogP contribution < -0.4 is 11.2 Å². The molecule has 3 heterocycles. The Morgan fingerprint density at radius 3 is 2.92 bits per heavy atom. The molecule has 1 atom stereocenters. The second-order valence-corrected chi connectivity index (χ2v) is 6.13. The molecule has 0 aliphatic carbocycles. The van der Waals surface area contributed by atoms with Gasteiger partial charge in [0, 0.05) is 63.7 Å². The zero-order valence-electron chi connectivity index (χ0n) is 13.6. The number of likely N-dealkylation sites (tertiary alicyclic amines) is 1. The summed E-state index contributed by atoms with van der Waals surface area (Å²) in [5, 5.41) is 0. The molecule has 3 rings (SSSR count). The Balaban J connectivity index is 1.61. The van der Waals surface area contributed by atoms with Crippen LogP contribution in [0.5, 0.6) is 0 Å². The van der Waals surface area contributed by atoms with Gasteiger partial charge in [-0.3, -0.25) is 14.6 Å². The van der Waals surface area contributed by atoms with E-state index in [-0.39, 0.29) is 24.8 Å². The van der Waals surface area contributed by atoms with Crippen LogP contribution in [-0.4, -0.2) is 43.0 Å². The number of hydrogen-bond donors (Lipinski definition) is 1. The highest BCUT2D eigenvalue weighted by atomic mass is 16.2. The fourth-order valence-electron chi connectivity index (χ4n) is 3.18. The minimum absolute atomic E-state index is 0.0204. The molecule has 2 aromatic heterocycles. The maximum atomic E-state index is 12.5. The fraction of sp³-hybridized carbons (Fsp3) is 0.500. The Hall–Kier alpha value is -2.64. The summed E-state index contributed by atoms with van der Waals surface area (Å²) in [5.41, 5.74) is -0.920. The normalized spacial score (nSPS) is 17.9. The zero-order chi connectivity index (χ0) is 17.1. The molecule has 0 saturated carbocycles. The predicted molar refractivity (Wildman–Crippen MR) is 87.7 cm³/mol. The molecular formula is C16H21N5O3. The first-order chi connectivity index (χ1) is 11.5. The average molecular weight is 331 g/mol. The molecule has 1 N–H and O–H groups in total. The largest absolute Gasteiger partial charge is 0.342 e. The van der Waals surface area contributed by atoms with E-state index in [1.54, 1.807) is 6.20 Å². The molecule has 0 bridgehead atoms. The van der Waals surface area contributed by atoms with Gasteiger partial charge in [-0.25, -0.2) is 9.78 Å². The lowest BCUT2D eigenvalue weighted by atomic mass is 9.97. The van der Waals surface area contributed by atoms with E-state index in [2.05, 4.69) is 9.97 Å². The molecule has 8 heteroatoms. The molecule has 2 aromatic rings. The van der Waals surface area contributed by atoms with Gasteiger partial charge in [0.1, 0.15) is 5.82 Å². The Kier molecular flexibility index (Phi) is 4.64. The Morgan fingerprint density at radius 1 is 1.38 bits per heavy atom. The number of rotatable bonds is 4. The summed E-state index contributed by atoms with van der Waals surface area (Å²) in [6.45, 7) is 1.66. The molecule has 0 radical (unpaired) electrons. The van der Waals surface area contributed by atoms with Crippen molar-refractivity contribution in [1.82, 2.24) is 24.0 Å². The first kappa shape index (κ1) is 16.2. The van der Waals surface area contributed by atoms with Crippen LogP contribution in [0.25, 0.3) is 0 Å². The van der Waals surface area contributed by atoms with E-state index in [0.717, 1.165) is 25.2 Å². The van der Waals surface area contributed by atoms with E-state index in [4.69, 9.17) is 0 Å². The van der Waals surface area contributed by atoms with E-state index in [9.17, 15) is 14.4 Å². The molecule has 0 aromatic carbocycles. The van der Waals surface area contributed by atoms with Crippen LogP contribution in [0.2, 0.25) is 0 Å². The van der Waals surface area contributed by atoms with Gasteiger partial charge in [0.2, 0.25) is 5.91 Å². The summed E-state index contributed by atoms with van der Waals surface area (Å²) in [6, 6.07) is 1.28. The maximum absolute atomic E-state index is 12.5. The summed E-state index contributed by atoms with van der Waals surface area (Å²) >= 11 is 0. The third-order valence-electron chi connectivity index (χ3n) is 4.46. The lowest BCUT2D eigenvalue weighted by Crippen LogP contribution is -2.40. The molecule has 24 heavy (non-hydrogen) atoms. The van der Waals surface area contributed by atoms with Crippen molar-refractivity contribution in [2.45, 2.75) is 31.7 Å². The van der Waals surface area contributed by atoms with Gasteiger partial charge in [-0.15, -0.1) is 0 Å². The SMILES string of the molecule is Cn1ccnc1[C@H]1CCCN(C(=O)CCn2ccc(=O)[nH]c2=O)C1. The van der Waals surface area contributed by atoms with Crippen LogP contribution in [0.15, 0.2) is 34.2 Å². The summed E-state index contributed by atoms with van der Waals surface area (Å²) in [7, 11) is 1.96. The van der Waals surface area contributed by atoms with Gasteiger partial charge < -0.3 is 14.0 Å². The number of nitrogens with one attached hydrogen (secondary N) is 1. The number of H-pyrrole nitrogens is 1. The van der Waals surface area contributed by atoms with Crippen molar-refractivity contribution in [3.05, 3.63) is 51.3 Å². The van der Waals surface area contributed by atoms with Crippen LogP contribution in [0.4, 0.5) is 0 Å². The molecule has 0 unspecified atom stereocenters. The van der Waals surface area contributed by atoms with E-state index >= 15 is 0 Å². The van der Waals surface area contributed by atoms with E-state index < -0.39 is 11.2 Å². The van der Waals surface area contributed by atoms with Crippen LogP contribution >= 0.6 is 0 Å². The number of carbonyl (C=O) groups is 1. The zero-order valence-corrected chi connectivity index (χ0v) is 13.6. The number of hydrogen-bond acceptors (Lipinski definition) is 4. The topological polar surface area (TPSA) is 93.0 Å². The van der Waals surface area contributed by atoms with Crippen LogP contribution in [0, 0.1) is 0 Å². The fourth-order valence-corrected chi connectivity index (χ4v) is 3.18. The Labute approximate surface area is 138 Å². The van der Waals surface area contributed by atoms with Crippen LogP contribution in [0.3, 0.4) is 0 Å². The van der Waals surface area contributed by atoms with Gasteiger partial charge in [-0.2, -0.15) is 0 Å². The van der Waals surface area contributed by atoms with Crippen molar-refractivity contribution < 1.29 is 4.79 Å². The van der Waals surface area contributed by atoms with Crippen molar-refractivity contribution in [2.24, 2.45) is 7.05 Å². The number of carbonyl (C=O) groups excluding carboxylic acids is 1. The quantitative estimate of drug-likeness (QED) is 0.858. The minimum Gasteiger partial charge on any atom is -0.342 e. The number of aryl methyl sites for hydroxylation is 2. The Bertz CT molecular complexity index is 834. The summed E-state index contributed by atoms with van der Waals surface area (Å²) in [6.07, 6.45) is 7.31. The molecule has 1 amide bonds. The average Bonchev–Trinajstić information content (AvgIpc) is 3.00. The lowest BCUT2D eigenvalue weighted by Gasteiger charge is -2.32. The first-order valence-electron chi connectivity index (χ1n) is 8.09. The molecular weight excluding hydrogens is 310 g/mol. The Morgan fingerprint density at radius 2 is 2.21 bits per heavy atom. The van der Waals surface area contributed by atoms with Gasteiger partial charge in [-0.05, 0) is 12.8 Å². The van der Waals surface area contributed by atoms with Gasteiger partial charge in [-0.1, -0.05) is 0 Å². The third-order valence-corrected chi connectivity index (χ3v) is 4.46. The molecule has 1 fully saturated rings. The van der Waals surface area contributed by atoms with Crippen LogP contribution in [0.1, 0.15) is 31.0 Å². The van der Waals surface area contributed by atoms with Gasteiger partial charge >= 0.3 is 5.69 Å². The number of piperidine rings is 1. The van der Waals surface area contributed by atoms with Crippen molar-refractivity contribution in [2.75, 3.05) is 13.1 Å². The van der Waals surface area contributed by atoms with Crippen molar-refractivity contribution in [1.29, 1.82) is 0 Å². The number of amides is 1. The van der Waals surface area contributed by atoms with Gasteiger partial charge in [0.05, 0.1) is 0 Å². The number of aromatic amines is 1. The molecule has 0 spiro atoms. The molecule has 1 aliphatic rings. The smallest absolute Gasteiger partial charge is 0.328 e. The summed E-state index contributed by atoms with van der Waals surface area (Å²) in [4.78, 5) is 43.6. The second-order valence-electron chi connectivity index (χ2n) is 6.13. The van der Waals surface area contributed by atoms with E-state index in [0.29, 0.717) is 6.54 Å². The molecule has 1 saturated heterocycles. The summed E-state index contributed by atoms with van der Waals surface area (Å²) in [5.74, 6) is 1.27. The van der Waals surface area contributed by atoms with Crippen molar-refractivity contribution >= 4 is 5.91 Å². The predicted octanol–water partition coefficient (Wildman–Crippen LogP) is 0.0664. The van der Waals surface area contributed by atoms with Gasteiger partial charge in [0.15, 0.2) is 0 Å². The van der Waals surface area contributed by atoms with Crippen molar-refractivity contribution in [3.8, 4) is 0 Å². The van der Waals surface area contributed by atoms with E-state index in [1.165, 1.54) is 16.8 Å². The highest BCUT2D eigenvalue weighted by Gasteiger charge is 2.26. The number of imidazole rings is 1. The van der Waals surface area contributed by atoms with Crippen LogP contribution in [-0.2, 0) is 18.4 Å². The maximum Gasteiger partial charge on any atom is 0.328 e. The number of aromatic nitrogens is 4.